The summed E-state index contributed by atoms with van der Waals surface area (Å²) < 4.78 is 16.3. The number of methoxy groups -OCH3 is 2. The van der Waals surface area contributed by atoms with E-state index in [1.807, 2.05) is 26.1 Å². The van der Waals surface area contributed by atoms with Crippen LogP contribution in [0.4, 0.5) is 0 Å². The molecular formula is C13H21NO3. The van der Waals surface area contributed by atoms with Crippen molar-refractivity contribution in [2.45, 2.75) is 13.3 Å². The van der Waals surface area contributed by atoms with Crippen LogP contribution in [0, 0.1) is 0 Å². The zero-order valence-corrected chi connectivity index (χ0v) is 11.0. The zero-order valence-electron chi connectivity index (χ0n) is 11.0. The number of hydrogen-bond acceptors (Lipinski definition) is 4. The molecular weight excluding hydrogens is 218 g/mol. The lowest BCUT2D eigenvalue weighted by molar-refractivity contribution is 0.293. The van der Waals surface area contributed by atoms with Crippen molar-refractivity contribution in [2.24, 2.45) is 0 Å². The zero-order chi connectivity index (χ0) is 12.7. The van der Waals surface area contributed by atoms with Gasteiger partial charge in [-0.15, -0.1) is 0 Å². The van der Waals surface area contributed by atoms with E-state index in [9.17, 15) is 0 Å². The lowest BCUT2D eigenvalue weighted by atomic mass is 10.1. The molecule has 4 heteroatoms. The highest BCUT2D eigenvalue weighted by Gasteiger charge is 2.15. The van der Waals surface area contributed by atoms with Crippen molar-refractivity contribution in [1.29, 1.82) is 0 Å². The van der Waals surface area contributed by atoms with Crippen LogP contribution < -0.4 is 19.5 Å². The Morgan fingerprint density at radius 3 is 2.41 bits per heavy atom. The molecule has 0 radical (unpaired) electrons. The Kier molecular flexibility index (Phi) is 5.63. The summed E-state index contributed by atoms with van der Waals surface area (Å²) in [5.74, 6) is 2.15. The topological polar surface area (TPSA) is 39.7 Å². The largest absolute Gasteiger partial charge is 0.493 e. The first-order valence-corrected chi connectivity index (χ1v) is 5.79. The average molecular weight is 239 g/mol. The highest BCUT2D eigenvalue weighted by atomic mass is 16.5. The molecule has 0 atom stereocenters. The molecule has 1 rings (SSSR count). The van der Waals surface area contributed by atoms with Crippen molar-refractivity contribution >= 4 is 0 Å². The first-order chi connectivity index (χ1) is 8.28. The molecule has 0 amide bonds. The minimum Gasteiger partial charge on any atom is -0.493 e. The van der Waals surface area contributed by atoms with Crippen LogP contribution in [0.3, 0.4) is 0 Å². The minimum absolute atomic E-state index is 0.607. The van der Waals surface area contributed by atoms with Gasteiger partial charge in [0.15, 0.2) is 11.5 Å². The summed E-state index contributed by atoms with van der Waals surface area (Å²) >= 11 is 0. The van der Waals surface area contributed by atoms with E-state index in [4.69, 9.17) is 14.2 Å². The van der Waals surface area contributed by atoms with E-state index in [-0.39, 0.29) is 0 Å². The van der Waals surface area contributed by atoms with Crippen LogP contribution in [0.5, 0.6) is 17.2 Å². The summed E-state index contributed by atoms with van der Waals surface area (Å²) in [4.78, 5) is 0. The number of likely N-dealkylation sites (N-methyl/N-ethyl adjacent to an activating group) is 1. The molecule has 0 saturated carbocycles. The van der Waals surface area contributed by atoms with Gasteiger partial charge in [-0.05, 0) is 38.6 Å². The number of ether oxygens (including phenoxy) is 3. The van der Waals surface area contributed by atoms with Crippen LogP contribution in [0.1, 0.15) is 12.5 Å². The maximum Gasteiger partial charge on any atom is 0.203 e. The second kappa shape index (κ2) is 7.01. The molecule has 0 saturated heterocycles. The maximum absolute atomic E-state index is 5.67. The molecule has 1 aromatic rings. The van der Waals surface area contributed by atoms with Gasteiger partial charge in [0, 0.05) is 0 Å². The van der Waals surface area contributed by atoms with Crippen LogP contribution in [-0.4, -0.2) is 34.4 Å². The molecule has 96 valence electrons. The van der Waals surface area contributed by atoms with E-state index in [0.29, 0.717) is 18.1 Å². The summed E-state index contributed by atoms with van der Waals surface area (Å²) in [6.07, 6.45) is 0.895. The van der Waals surface area contributed by atoms with E-state index < -0.39 is 0 Å². The Labute approximate surface area is 103 Å². The molecule has 0 aliphatic heterocycles. The van der Waals surface area contributed by atoms with E-state index in [2.05, 4.69) is 5.32 Å². The monoisotopic (exact) mass is 239 g/mol. The molecule has 4 nitrogen and oxygen atoms in total. The normalized spacial score (nSPS) is 10.1. The standard InChI is InChI=1S/C13H21NO3/c1-5-17-12-10(8-9-14-2)6-7-11(15-3)13(12)16-4/h6-7,14H,5,8-9H2,1-4H3. The van der Waals surface area contributed by atoms with Crippen LogP contribution >= 0.6 is 0 Å². The van der Waals surface area contributed by atoms with Crippen LogP contribution in [0.2, 0.25) is 0 Å². The molecule has 1 aromatic carbocycles. The van der Waals surface area contributed by atoms with Gasteiger partial charge in [0.25, 0.3) is 0 Å². The Morgan fingerprint density at radius 2 is 1.88 bits per heavy atom. The quantitative estimate of drug-likeness (QED) is 0.788. The molecule has 0 spiro atoms. The van der Waals surface area contributed by atoms with Crippen molar-refractivity contribution in [3.8, 4) is 17.2 Å². The molecule has 0 unspecified atom stereocenters. The van der Waals surface area contributed by atoms with Gasteiger partial charge < -0.3 is 19.5 Å². The second-order valence-corrected chi connectivity index (χ2v) is 3.58. The molecule has 1 N–H and O–H groups in total. The van der Waals surface area contributed by atoms with Gasteiger partial charge in [-0.3, -0.25) is 0 Å². The van der Waals surface area contributed by atoms with Gasteiger partial charge in [0.1, 0.15) is 0 Å². The number of rotatable bonds is 7. The Bertz CT molecular complexity index is 353. The SMILES string of the molecule is CCOc1c(CCNC)ccc(OC)c1OC. The fourth-order valence-corrected chi connectivity index (χ4v) is 1.70. The highest BCUT2D eigenvalue weighted by Crippen LogP contribution is 2.40. The van der Waals surface area contributed by atoms with Crippen molar-refractivity contribution in [1.82, 2.24) is 5.32 Å². The van der Waals surface area contributed by atoms with E-state index in [0.717, 1.165) is 24.3 Å². The third-order valence-electron chi connectivity index (χ3n) is 2.51. The number of hydrogen-bond donors (Lipinski definition) is 1. The van der Waals surface area contributed by atoms with Crippen molar-refractivity contribution in [2.75, 3.05) is 34.4 Å². The molecule has 0 fully saturated rings. The Morgan fingerprint density at radius 1 is 1.12 bits per heavy atom. The second-order valence-electron chi connectivity index (χ2n) is 3.58. The number of benzene rings is 1. The molecule has 0 heterocycles. The number of nitrogens with one attached hydrogen (secondary N) is 1. The maximum atomic E-state index is 5.67. The van der Waals surface area contributed by atoms with E-state index in [1.165, 1.54) is 0 Å². The molecule has 0 aliphatic rings. The van der Waals surface area contributed by atoms with Crippen LogP contribution in [0.25, 0.3) is 0 Å². The first kappa shape index (κ1) is 13.6. The van der Waals surface area contributed by atoms with E-state index in [1.54, 1.807) is 14.2 Å². The van der Waals surface area contributed by atoms with Gasteiger partial charge in [-0.25, -0.2) is 0 Å². The van der Waals surface area contributed by atoms with Crippen LogP contribution in [0.15, 0.2) is 12.1 Å². The summed E-state index contributed by atoms with van der Waals surface area (Å²) in [5, 5.41) is 3.12. The fraction of sp³-hybridized carbons (Fsp3) is 0.538. The highest BCUT2D eigenvalue weighted by molar-refractivity contribution is 5.55. The molecule has 0 aromatic heterocycles. The minimum atomic E-state index is 0.607. The summed E-state index contributed by atoms with van der Waals surface area (Å²) in [5.41, 5.74) is 1.12. The molecule has 0 bridgehead atoms. The lowest BCUT2D eigenvalue weighted by Gasteiger charge is -2.16. The van der Waals surface area contributed by atoms with E-state index >= 15 is 0 Å². The van der Waals surface area contributed by atoms with Gasteiger partial charge in [-0.2, -0.15) is 0 Å². The van der Waals surface area contributed by atoms with Gasteiger partial charge in [-0.1, -0.05) is 6.07 Å². The summed E-state index contributed by atoms with van der Waals surface area (Å²) in [6.45, 7) is 3.46. The van der Waals surface area contributed by atoms with Gasteiger partial charge >= 0.3 is 0 Å². The summed E-state index contributed by atoms with van der Waals surface area (Å²) in [7, 11) is 5.18. The lowest BCUT2D eigenvalue weighted by Crippen LogP contribution is -2.11. The molecule has 0 aliphatic carbocycles. The first-order valence-electron chi connectivity index (χ1n) is 5.79. The smallest absolute Gasteiger partial charge is 0.203 e. The van der Waals surface area contributed by atoms with Gasteiger partial charge in [0.2, 0.25) is 5.75 Å². The van der Waals surface area contributed by atoms with Crippen molar-refractivity contribution in [3.63, 3.8) is 0 Å². The average Bonchev–Trinajstić information content (AvgIpc) is 2.37. The van der Waals surface area contributed by atoms with Crippen LogP contribution in [-0.2, 0) is 6.42 Å². The van der Waals surface area contributed by atoms with Crippen molar-refractivity contribution in [3.05, 3.63) is 17.7 Å². The fourth-order valence-electron chi connectivity index (χ4n) is 1.70. The molecule has 17 heavy (non-hydrogen) atoms. The summed E-state index contributed by atoms with van der Waals surface area (Å²) in [6, 6.07) is 3.93. The third-order valence-corrected chi connectivity index (χ3v) is 2.51. The predicted octanol–water partition coefficient (Wildman–Crippen LogP) is 1.86. The Balaban J connectivity index is 3.11. The predicted molar refractivity (Wildman–Crippen MR) is 68.3 cm³/mol. The van der Waals surface area contributed by atoms with Gasteiger partial charge in [0.05, 0.1) is 20.8 Å². The third kappa shape index (κ3) is 3.27. The van der Waals surface area contributed by atoms with Crippen molar-refractivity contribution < 1.29 is 14.2 Å². The Hall–Kier alpha value is -1.42.